The number of benzene rings is 3. The highest BCUT2D eigenvalue weighted by Crippen LogP contribution is 2.27. The van der Waals surface area contributed by atoms with Crippen LogP contribution in [0.1, 0.15) is 29.8 Å². The average molecular weight is 527 g/mol. The van der Waals surface area contributed by atoms with Gasteiger partial charge in [-0.1, -0.05) is 43.7 Å². The predicted molar refractivity (Wildman–Crippen MR) is 153 cm³/mol. The SMILES string of the molecule is COc1ccc(-n2cc(-c3cccc(OC)c3)nc2NC(=O)CN(CC(C)C)C(=O)c2ccc(C)cc2)cc1. The summed E-state index contributed by atoms with van der Waals surface area (Å²) in [6, 6.07) is 22.4. The van der Waals surface area contributed by atoms with Crippen LogP contribution in [0.2, 0.25) is 0 Å². The molecule has 4 rings (SSSR count). The van der Waals surface area contributed by atoms with Crippen molar-refractivity contribution in [2.75, 3.05) is 32.6 Å². The molecule has 0 atom stereocenters. The number of carbonyl (C=O) groups is 2. The molecule has 0 fully saturated rings. The van der Waals surface area contributed by atoms with Crippen LogP contribution in [0.4, 0.5) is 5.95 Å². The van der Waals surface area contributed by atoms with Crippen LogP contribution in [0.25, 0.3) is 16.9 Å². The molecule has 2 amide bonds. The third kappa shape index (κ3) is 6.84. The smallest absolute Gasteiger partial charge is 0.254 e. The van der Waals surface area contributed by atoms with Gasteiger partial charge in [-0.05, 0) is 61.4 Å². The number of nitrogens with zero attached hydrogens (tertiary/aromatic N) is 3. The molecule has 1 N–H and O–H groups in total. The summed E-state index contributed by atoms with van der Waals surface area (Å²) in [5, 5.41) is 2.93. The van der Waals surface area contributed by atoms with Crippen molar-refractivity contribution < 1.29 is 19.1 Å². The molecule has 0 bridgehead atoms. The predicted octanol–water partition coefficient (Wildman–Crippen LogP) is 5.60. The number of ether oxygens (including phenoxy) is 2. The lowest BCUT2D eigenvalue weighted by molar-refractivity contribution is -0.117. The van der Waals surface area contributed by atoms with Gasteiger partial charge >= 0.3 is 0 Å². The standard InChI is InChI=1S/C31H34N4O4/c1-21(2)18-34(30(37)23-11-9-22(3)10-12-23)20-29(36)33-31-32-28(24-7-6-8-27(17-24)39-5)19-35(31)25-13-15-26(38-4)16-14-25/h6-17,19,21H,18,20H2,1-5H3,(H,32,33,36). The van der Waals surface area contributed by atoms with E-state index in [4.69, 9.17) is 14.5 Å². The van der Waals surface area contributed by atoms with E-state index in [1.54, 1.807) is 35.8 Å². The normalized spacial score (nSPS) is 10.8. The van der Waals surface area contributed by atoms with E-state index in [2.05, 4.69) is 5.32 Å². The van der Waals surface area contributed by atoms with Crippen molar-refractivity contribution in [3.05, 3.63) is 90.1 Å². The van der Waals surface area contributed by atoms with Crippen molar-refractivity contribution in [2.45, 2.75) is 20.8 Å². The highest BCUT2D eigenvalue weighted by atomic mass is 16.5. The van der Waals surface area contributed by atoms with Crippen molar-refractivity contribution >= 4 is 17.8 Å². The minimum absolute atomic E-state index is 0.102. The number of aromatic nitrogens is 2. The molecular weight excluding hydrogens is 492 g/mol. The number of carbonyl (C=O) groups excluding carboxylic acids is 2. The van der Waals surface area contributed by atoms with Gasteiger partial charge < -0.3 is 14.4 Å². The number of rotatable bonds is 10. The van der Waals surface area contributed by atoms with Crippen molar-refractivity contribution in [2.24, 2.45) is 5.92 Å². The van der Waals surface area contributed by atoms with Crippen LogP contribution in [0.5, 0.6) is 11.5 Å². The topological polar surface area (TPSA) is 85.7 Å². The van der Waals surface area contributed by atoms with Crippen LogP contribution in [0.15, 0.2) is 79.0 Å². The summed E-state index contributed by atoms with van der Waals surface area (Å²) in [7, 11) is 3.22. The zero-order chi connectivity index (χ0) is 27.9. The lowest BCUT2D eigenvalue weighted by atomic mass is 10.1. The second kappa shape index (κ2) is 12.3. The number of aryl methyl sites for hydroxylation is 1. The van der Waals surface area contributed by atoms with E-state index < -0.39 is 0 Å². The fraction of sp³-hybridized carbons (Fsp3) is 0.258. The van der Waals surface area contributed by atoms with E-state index >= 15 is 0 Å². The van der Waals surface area contributed by atoms with Crippen LogP contribution < -0.4 is 14.8 Å². The molecule has 0 spiro atoms. The Morgan fingerprint density at radius 3 is 2.28 bits per heavy atom. The molecule has 4 aromatic rings. The maximum atomic E-state index is 13.3. The van der Waals surface area contributed by atoms with Crippen molar-refractivity contribution in [1.82, 2.24) is 14.5 Å². The molecule has 0 aliphatic heterocycles. The third-order valence-electron chi connectivity index (χ3n) is 6.18. The minimum Gasteiger partial charge on any atom is -0.497 e. The van der Waals surface area contributed by atoms with Gasteiger partial charge in [0.15, 0.2) is 0 Å². The molecule has 1 aromatic heterocycles. The molecule has 8 nitrogen and oxygen atoms in total. The number of methoxy groups -OCH3 is 2. The summed E-state index contributed by atoms with van der Waals surface area (Å²) >= 11 is 0. The minimum atomic E-state index is -0.339. The van der Waals surface area contributed by atoms with Crippen molar-refractivity contribution in [3.8, 4) is 28.4 Å². The zero-order valence-electron chi connectivity index (χ0n) is 23.0. The quantitative estimate of drug-likeness (QED) is 0.291. The fourth-order valence-corrected chi connectivity index (χ4v) is 4.21. The number of hydrogen-bond donors (Lipinski definition) is 1. The van der Waals surface area contributed by atoms with Crippen LogP contribution in [-0.4, -0.2) is 53.6 Å². The maximum Gasteiger partial charge on any atom is 0.254 e. The number of anilines is 1. The van der Waals surface area contributed by atoms with Crippen LogP contribution >= 0.6 is 0 Å². The van der Waals surface area contributed by atoms with Gasteiger partial charge in [-0.2, -0.15) is 0 Å². The molecule has 0 radical (unpaired) electrons. The fourth-order valence-electron chi connectivity index (χ4n) is 4.21. The Morgan fingerprint density at radius 2 is 1.64 bits per heavy atom. The molecule has 0 aliphatic carbocycles. The Balaban J connectivity index is 1.63. The molecule has 202 valence electrons. The molecule has 3 aromatic carbocycles. The number of imidazole rings is 1. The van der Waals surface area contributed by atoms with E-state index in [1.165, 1.54) is 0 Å². The number of hydrogen-bond acceptors (Lipinski definition) is 5. The summed E-state index contributed by atoms with van der Waals surface area (Å²) in [5.41, 5.74) is 3.91. The first-order chi connectivity index (χ1) is 18.8. The van der Waals surface area contributed by atoms with Gasteiger partial charge in [0, 0.05) is 29.6 Å². The number of amides is 2. The summed E-state index contributed by atoms with van der Waals surface area (Å²) in [5.74, 6) is 1.43. The van der Waals surface area contributed by atoms with E-state index in [0.29, 0.717) is 29.5 Å². The maximum absolute atomic E-state index is 13.3. The van der Waals surface area contributed by atoms with Gasteiger partial charge in [-0.3, -0.25) is 19.5 Å². The second-order valence-electron chi connectivity index (χ2n) is 9.74. The first kappa shape index (κ1) is 27.4. The summed E-state index contributed by atoms with van der Waals surface area (Å²) in [4.78, 5) is 32.9. The van der Waals surface area contributed by atoms with Gasteiger partial charge in [0.1, 0.15) is 18.0 Å². The molecule has 0 saturated heterocycles. The van der Waals surface area contributed by atoms with Gasteiger partial charge in [0.25, 0.3) is 5.91 Å². The van der Waals surface area contributed by atoms with E-state index in [0.717, 1.165) is 22.6 Å². The van der Waals surface area contributed by atoms with Gasteiger partial charge in [0.05, 0.1) is 19.9 Å². The molecule has 39 heavy (non-hydrogen) atoms. The first-order valence-electron chi connectivity index (χ1n) is 12.8. The van der Waals surface area contributed by atoms with Crippen LogP contribution in [-0.2, 0) is 4.79 Å². The molecular formula is C31H34N4O4. The third-order valence-corrected chi connectivity index (χ3v) is 6.18. The number of nitrogens with one attached hydrogen (secondary N) is 1. The van der Waals surface area contributed by atoms with Gasteiger partial charge in [0.2, 0.25) is 11.9 Å². The Kier molecular flexibility index (Phi) is 8.66. The second-order valence-corrected chi connectivity index (χ2v) is 9.74. The van der Waals surface area contributed by atoms with Gasteiger partial charge in [-0.15, -0.1) is 0 Å². The summed E-state index contributed by atoms with van der Waals surface area (Å²) in [6.45, 7) is 6.35. The molecule has 8 heteroatoms. The molecule has 0 saturated carbocycles. The van der Waals surface area contributed by atoms with Crippen molar-refractivity contribution in [3.63, 3.8) is 0 Å². The van der Waals surface area contributed by atoms with E-state index in [-0.39, 0.29) is 24.3 Å². The largest absolute Gasteiger partial charge is 0.497 e. The highest BCUT2D eigenvalue weighted by molar-refractivity contribution is 5.99. The van der Waals surface area contributed by atoms with Gasteiger partial charge in [-0.25, -0.2) is 4.98 Å². The van der Waals surface area contributed by atoms with E-state index in [1.807, 2.05) is 87.6 Å². The Morgan fingerprint density at radius 1 is 0.949 bits per heavy atom. The Bertz CT molecular complexity index is 1430. The summed E-state index contributed by atoms with van der Waals surface area (Å²) < 4.78 is 12.5. The Hall–Kier alpha value is -4.59. The molecule has 1 heterocycles. The van der Waals surface area contributed by atoms with Crippen LogP contribution in [0, 0.1) is 12.8 Å². The average Bonchev–Trinajstić information content (AvgIpc) is 3.36. The molecule has 0 aliphatic rings. The highest BCUT2D eigenvalue weighted by Gasteiger charge is 2.22. The first-order valence-corrected chi connectivity index (χ1v) is 12.8. The molecule has 0 unspecified atom stereocenters. The zero-order valence-corrected chi connectivity index (χ0v) is 23.0. The monoisotopic (exact) mass is 526 g/mol. The summed E-state index contributed by atoms with van der Waals surface area (Å²) in [6.07, 6.45) is 1.86. The van der Waals surface area contributed by atoms with Crippen LogP contribution in [0.3, 0.4) is 0 Å². The van der Waals surface area contributed by atoms with Crippen molar-refractivity contribution in [1.29, 1.82) is 0 Å². The lowest BCUT2D eigenvalue weighted by Gasteiger charge is -2.24. The van der Waals surface area contributed by atoms with E-state index in [9.17, 15) is 9.59 Å². The lowest BCUT2D eigenvalue weighted by Crippen LogP contribution is -2.40. The Labute approximate surface area is 229 Å².